The first-order valence-electron chi connectivity index (χ1n) is 7.10. The molecule has 0 aromatic heterocycles. The third-order valence-corrected chi connectivity index (χ3v) is 4.31. The van der Waals surface area contributed by atoms with Gasteiger partial charge in [0.1, 0.15) is 0 Å². The van der Waals surface area contributed by atoms with Crippen LogP contribution in [0.15, 0.2) is 0 Å². The third-order valence-electron chi connectivity index (χ3n) is 2.84. The lowest BCUT2D eigenvalue weighted by Gasteiger charge is -2.02. The van der Waals surface area contributed by atoms with Gasteiger partial charge in [0.15, 0.2) is 0 Å². The van der Waals surface area contributed by atoms with Crippen molar-refractivity contribution in [3.8, 4) is 0 Å². The first kappa shape index (κ1) is 16.7. The van der Waals surface area contributed by atoms with Crippen LogP contribution >= 0.6 is 24.4 Å². The lowest BCUT2D eigenvalue weighted by atomic mass is 10.1. The maximum Gasteiger partial charge on any atom is -0.00675 e. The standard InChI is InChI=1S/C14H30S2/c1-2-3-10-13-16-14-11-8-6-4-5-7-9-12-15/h15H,2-14H2,1H3. The maximum absolute atomic E-state index is 4.22. The van der Waals surface area contributed by atoms with Crippen LogP contribution in [0.25, 0.3) is 0 Å². The summed E-state index contributed by atoms with van der Waals surface area (Å²) in [4.78, 5) is 0. The predicted octanol–water partition coefficient (Wildman–Crippen LogP) is 5.57. The highest BCUT2D eigenvalue weighted by molar-refractivity contribution is 7.99. The molecular formula is C14H30S2. The first-order valence-corrected chi connectivity index (χ1v) is 8.89. The second kappa shape index (κ2) is 15.7. The van der Waals surface area contributed by atoms with Crippen molar-refractivity contribution in [1.29, 1.82) is 0 Å². The fourth-order valence-electron chi connectivity index (χ4n) is 1.76. The van der Waals surface area contributed by atoms with Crippen LogP contribution in [0.4, 0.5) is 0 Å². The Morgan fingerprint density at radius 3 is 1.75 bits per heavy atom. The highest BCUT2D eigenvalue weighted by atomic mass is 32.2. The van der Waals surface area contributed by atoms with Crippen LogP contribution in [0.2, 0.25) is 0 Å². The number of hydrogen-bond acceptors (Lipinski definition) is 2. The summed E-state index contributed by atoms with van der Waals surface area (Å²) in [7, 11) is 0. The van der Waals surface area contributed by atoms with Gasteiger partial charge in [-0.15, -0.1) is 0 Å². The zero-order valence-electron chi connectivity index (χ0n) is 11.0. The molecule has 0 saturated heterocycles. The molecule has 16 heavy (non-hydrogen) atoms. The topological polar surface area (TPSA) is 0 Å². The van der Waals surface area contributed by atoms with Crippen LogP contribution in [-0.4, -0.2) is 17.3 Å². The smallest absolute Gasteiger partial charge is 0.00675 e. The van der Waals surface area contributed by atoms with Gasteiger partial charge in [-0.05, 0) is 36.5 Å². The van der Waals surface area contributed by atoms with Gasteiger partial charge in [-0.1, -0.05) is 51.9 Å². The average Bonchev–Trinajstić information content (AvgIpc) is 2.31. The van der Waals surface area contributed by atoms with Crippen LogP contribution in [0.3, 0.4) is 0 Å². The van der Waals surface area contributed by atoms with Crippen LogP contribution < -0.4 is 0 Å². The van der Waals surface area contributed by atoms with Crippen molar-refractivity contribution >= 4 is 24.4 Å². The summed E-state index contributed by atoms with van der Waals surface area (Å²) in [5, 5.41) is 0. The number of unbranched alkanes of at least 4 members (excludes halogenated alkanes) is 8. The molecule has 0 aliphatic carbocycles. The van der Waals surface area contributed by atoms with E-state index in [1.54, 1.807) is 0 Å². The Kier molecular flexibility index (Phi) is 16.4. The summed E-state index contributed by atoms with van der Waals surface area (Å²) in [5.74, 6) is 3.84. The molecule has 0 radical (unpaired) electrons. The molecule has 0 heterocycles. The molecule has 0 aromatic carbocycles. The average molecular weight is 263 g/mol. The van der Waals surface area contributed by atoms with E-state index in [2.05, 4.69) is 31.3 Å². The Balaban J connectivity index is 2.83. The van der Waals surface area contributed by atoms with E-state index in [4.69, 9.17) is 0 Å². The van der Waals surface area contributed by atoms with Crippen molar-refractivity contribution in [3.63, 3.8) is 0 Å². The number of thioether (sulfide) groups is 1. The molecule has 0 unspecified atom stereocenters. The van der Waals surface area contributed by atoms with Crippen molar-refractivity contribution in [3.05, 3.63) is 0 Å². The minimum Gasteiger partial charge on any atom is -0.179 e. The molecule has 0 aliphatic heterocycles. The summed E-state index contributed by atoms with van der Waals surface area (Å²) >= 11 is 6.38. The van der Waals surface area contributed by atoms with Gasteiger partial charge in [-0.3, -0.25) is 0 Å². The minimum absolute atomic E-state index is 1.06. The normalized spacial score (nSPS) is 10.9. The van der Waals surface area contributed by atoms with E-state index in [0.717, 1.165) is 5.75 Å². The lowest BCUT2D eigenvalue weighted by molar-refractivity contribution is 0.605. The zero-order chi connectivity index (χ0) is 11.9. The molecule has 0 amide bonds. The van der Waals surface area contributed by atoms with E-state index in [1.165, 1.54) is 75.7 Å². The Bertz CT molecular complexity index is 101. The second-order valence-electron chi connectivity index (χ2n) is 4.52. The van der Waals surface area contributed by atoms with Crippen molar-refractivity contribution in [2.24, 2.45) is 0 Å². The van der Waals surface area contributed by atoms with E-state index in [-0.39, 0.29) is 0 Å². The molecule has 0 fully saturated rings. The van der Waals surface area contributed by atoms with Crippen LogP contribution in [0.5, 0.6) is 0 Å². The van der Waals surface area contributed by atoms with Crippen molar-refractivity contribution in [2.45, 2.75) is 71.1 Å². The zero-order valence-corrected chi connectivity index (χ0v) is 12.8. The van der Waals surface area contributed by atoms with Crippen LogP contribution in [0.1, 0.15) is 71.1 Å². The second-order valence-corrected chi connectivity index (χ2v) is 6.19. The molecule has 2 heteroatoms. The number of hydrogen-bond donors (Lipinski definition) is 1. The molecule has 0 bridgehead atoms. The van der Waals surface area contributed by atoms with Crippen LogP contribution in [0, 0.1) is 0 Å². The van der Waals surface area contributed by atoms with Crippen molar-refractivity contribution < 1.29 is 0 Å². The molecule has 98 valence electrons. The highest BCUT2D eigenvalue weighted by Gasteiger charge is 1.92. The molecular weight excluding hydrogens is 232 g/mol. The summed E-state index contributed by atoms with van der Waals surface area (Å²) < 4.78 is 0. The molecule has 0 atom stereocenters. The Morgan fingerprint density at radius 2 is 1.19 bits per heavy atom. The van der Waals surface area contributed by atoms with Gasteiger partial charge in [0.05, 0.1) is 0 Å². The molecule has 0 rings (SSSR count). The largest absolute Gasteiger partial charge is 0.179 e. The SMILES string of the molecule is CCCCCSCCCCCCCCCS. The van der Waals surface area contributed by atoms with Gasteiger partial charge in [-0.25, -0.2) is 0 Å². The summed E-state index contributed by atoms with van der Waals surface area (Å²) in [6, 6.07) is 0. The molecule has 0 spiro atoms. The Morgan fingerprint density at radius 1 is 0.688 bits per heavy atom. The van der Waals surface area contributed by atoms with E-state index in [0.29, 0.717) is 0 Å². The maximum atomic E-state index is 4.22. The van der Waals surface area contributed by atoms with Crippen LogP contribution in [-0.2, 0) is 0 Å². The predicted molar refractivity (Wildman–Crippen MR) is 83.0 cm³/mol. The number of thiol groups is 1. The molecule has 0 aromatic rings. The van der Waals surface area contributed by atoms with E-state index in [9.17, 15) is 0 Å². The lowest BCUT2D eigenvalue weighted by Crippen LogP contribution is -1.86. The fraction of sp³-hybridized carbons (Fsp3) is 1.00. The van der Waals surface area contributed by atoms with Gasteiger partial charge in [0, 0.05) is 0 Å². The monoisotopic (exact) mass is 262 g/mol. The van der Waals surface area contributed by atoms with Gasteiger partial charge >= 0.3 is 0 Å². The number of rotatable bonds is 13. The molecule has 0 N–H and O–H groups in total. The fourth-order valence-corrected chi connectivity index (χ4v) is 3.00. The molecule has 0 aliphatic rings. The summed E-state index contributed by atoms with van der Waals surface area (Å²) in [5.41, 5.74) is 0. The summed E-state index contributed by atoms with van der Waals surface area (Å²) in [6.45, 7) is 2.28. The van der Waals surface area contributed by atoms with Crippen molar-refractivity contribution in [1.82, 2.24) is 0 Å². The van der Waals surface area contributed by atoms with E-state index in [1.807, 2.05) is 0 Å². The van der Waals surface area contributed by atoms with Gasteiger partial charge < -0.3 is 0 Å². The highest BCUT2D eigenvalue weighted by Crippen LogP contribution is 2.12. The van der Waals surface area contributed by atoms with Gasteiger partial charge in [0.25, 0.3) is 0 Å². The molecule has 0 nitrogen and oxygen atoms in total. The molecule has 0 saturated carbocycles. The Labute approximate surface area is 113 Å². The van der Waals surface area contributed by atoms with Gasteiger partial charge in [-0.2, -0.15) is 24.4 Å². The third kappa shape index (κ3) is 14.7. The first-order chi connectivity index (χ1) is 7.91. The Hall–Kier alpha value is 0.700. The quantitative estimate of drug-likeness (QED) is 0.334. The summed E-state index contributed by atoms with van der Waals surface area (Å²) in [6.07, 6.45) is 14.1. The van der Waals surface area contributed by atoms with Crippen molar-refractivity contribution in [2.75, 3.05) is 17.3 Å². The van der Waals surface area contributed by atoms with E-state index < -0.39 is 0 Å². The van der Waals surface area contributed by atoms with Gasteiger partial charge in [0.2, 0.25) is 0 Å². The minimum atomic E-state index is 1.06. The van der Waals surface area contributed by atoms with E-state index >= 15 is 0 Å².